The molecule has 2 heterocycles. The van der Waals surface area contributed by atoms with Crippen molar-refractivity contribution >= 4 is 11.6 Å². The molecule has 146 valence electrons. The first-order valence-electron chi connectivity index (χ1n) is 10.9. The summed E-state index contributed by atoms with van der Waals surface area (Å²) in [6.07, 6.45) is 10.6. The van der Waals surface area contributed by atoms with Crippen LogP contribution in [-0.4, -0.2) is 36.5 Å². The Balaban J connectivity index is 1.33. The second-order valence-electron chi connectivity index (χ2n) is 9.51. The molecule has 4 heteroatoms. The third-order valence-electron chi connectivity index (χ3n) is 8.15. The van der Waals surface area contributed by atoms with Gasteiger partial charge in [-0.25, -0.2) is 4.39 Å². The zero-order valence-electron chi connectivity index (χ0n) is 16.4. The van der Waals surface area contributed by atoms with Gasteiger partial charge in [-0.15, -0.1) is 0 Å². The van der Waals surface area contributed by atoms with Crippen LogP contribution in [0.1, 0.15) is 63.9 Å². The molecule has 1 saturated heterocycles. The summed E-state index contributed by atoms with van der Waals surface area (Å²) >= 11 is 0. The van der Waals surface area contributed by atoms with Crippen molar-refractivity contribution in [1.82, 2.24) is 4.90 Å². The van der Waals surface area contributed by atoms with Gasteiger partial charge < -0.3 is 9.80 Å². The summed E-state index contributed by atoms with van der Waals surface area (Å²) in [5.74, 6) is 1.83. The van der Waals surface area contributed by atoms with E-state index in [1.165, 1.54) is 44.6 Å². The fraction of sp³-hybridized carbons (Fsp3) is 0.696. The summed E-state index contributed by atoms with van der Waals surface area (Å²) in [5.41, 5.74) is 1.95. The summed E-state index contributed by atoms with van der Waals surface area (Å²) in [6.45, 7) is 4.53. The van der Waals surface area contributed by atoms with Crippen LogP contribution in [0.4, 0.5) is 10.1 Å². The highest BCUT2D eigenvalue weighted by Gasteiger charge is 2.47. The maximum Gasteiger partial charge on any atom is 0.223 e. The summed E-state index contributed by atoms with van der Waals surface area (Å²) < 4.78 is 14.0. The molecule has 2 saturated carbocycles. The number of piperidine rings is 1. The number of fused-ring (bicyclic) bond motifs is 3. The maximum absolute atomic E-state index is 14.0. The van der Waals surface area contributed by atoms with Crippen molar-refractivity contribution in [2.75, 3.05) is 24.5 Å². The van der Waals surface area contributed by atoms with Gasteiger partial charge in [0.1, 0.15) is 5.82 Å². The van der Waals surface area contributed by atoms with Gasteiger partial charge in [-0.3, -0.25) is 4.79 Å². The van der Waals surface area contributed by atoms with E-state index in [1.54, 1.807) is 19.1 Å². The van der Waals surface area contributed by atoms with Crippen molar-refractivity contribution in [2.45, 2.75) is 69.7 Å². The molecule has 2 unspecified atom stereocenters. The van der Waals surface area contributed by atoms with Crippen molar-refractivity contribution in [3.8, 4) is 0 Å². The Morgan fingerprint density at radius 1 is 1.11 bits per heavy atom. The van der Waals surface area contributed by atoms with Crippen LogP contribution >= 0.6 is 0 Å². The second-order valence-corrected chi connectivity index (χ2v) is 9.51. The van der Waals surface area contributed by atoms with Crippen LogP contribution < -0.4 is 4.90 Å². The number of carbonyl (C=O) groups excluding carboxylic acids is 1. The van der Waals surface area contributed by atoms with Gasteiger partial charge in [0.05, 0.1) is 0 Å². The minimum atomic E-state index is -0.180. The van der Waals surface area contributed by atoms with Crippen LogP contribution in [0, 0.1) is 17.7 Å². The number of hydrogen-bond acceptors (Lipinski definition) is 2. The predicted molar refractivity (Wildman–Crippen MR) is 105 cm³/mol. The van der Waals surface area contributed by atoms with Crippen LogP contribution in [0.5, 0.6) is 0 Å². The average molecular weight is 371 g/mol. The first-order valence-corrected chi connectivity index (χ1v) is 10.9. The van der Waals surface area contributed by atoms with E-state index < -0.39 is 0 Å². The fourth-order valence-corrected chi connectivity index (χ4v) is 6.67. The van der Waals surface area contributed by atoms with Crippen molar-refractivity contribution in [3.63, 3.8) is 0 Å². The molecule has 3 fully saturated rings. The smallest absolute Gasteiger partial charge is 0.223 e. The van der Waals surface area contributed by atoms with E-state index >= 15 is 0 Å². The number of hydrogen-bond donors (Lipinski definition) is 0. The van der Waals surface area contributed by atoms with Crippen LogP contribution in [0.3, 0.4) is 0 Å². The number of benzene rings is 1. The highest BCUT2D eigenvalue weighted by molar-refractivity contribution is 5.94. The van der Waals surface area contributed by atoms with E-state index in [-0.39, 0.29) is 17.1 Å². The molecule has 0 aromatic heterocycles. The zero-order valence-corrected chi connectivity index (χ0v) is 16.4. The molecular weight excluding hydrogens is 339 g/mol. The third-order valence-corrected chi connectivity index (χ3v) is 8.15. The molecule has 1 spiro atoms. The number of anilines is 1. The molecule has 1 aromatic carbocycles. The van der Waals surface area contributed by atoms with Crippen molar-refractivity contribution < 1.29 is 9.18 Å². The van der Waals surface area contributed by atoms with Gasteiger partial charge in [0.25, 0.3) is 0 Å². The van der Waals surface area contributed by atoms with E-state index in [1.807, 2.05) is 4.90 Å². The van der Waals surface area contributed by atoms with E-state index in [2.05, 4.69) is 4.90 Å². The standard InChI is InChI=1S/C23H31FN2O/c1-16(27)26-15-23(21-14-19(24)6-7-22(21)26)8-10-25(11-9-23)20-12-17-4-2-3-5-18(17)13-20/h6-7,14,17-18,20H,2-5,8-13,15H2,1H3. The highest BCUT2D eigenvalue weighted by atomic mass is 19.1. The first kappa shape index (κ1) is 17.7. The Bertz CT molecular complexity index is 726. The van der Waals surface area contributed by atoms with Gasteiger partial charge in [0, 0.05) is 30.6 Å². The quantitative estimate of drug-likeness (QED) is 0.727. The molecule has 5 rings (SSSR count). The normalized spacial score (nSPS) is 32.5. The molecule has 2 atom stereocenters. The fourth-order valence-electron chi connectivity index (χ4n) is 6.67. The number of halogens is 1. The van der Waals surface area contributed by atoms with E-state index in [0.29, 0.717) is 0 Å². The molecule has 27 heavy (non-hydrogen) atoms. The SMILES string of the molecule is CC(=O)N1CC2(CCN(C3CC4CCCCC4C3)CC2)c2cc(F)ccc21. The monoisotopic (exact) mass is 370 g/mol. The Morgan fingerprint density at radius 2 is 1.78 bits per heavy atom. The number of likely N-dealkylation sites (tertiary alicyclic amines) is 1. The zero-order chi connectivity index (χ0) is 18.6. The van der Waals surface area contributed by atoms with Crippen molar-refractivity contribution in [1.29, 1.82) is 0 Å². The lowest BCUT2D eigenvalue weighted by Crippen LogP contribution is -2.48. The average Bonchev–Trinajstić information content (AvgIpc) is 3.23. The highest BCUT2D eigenvalue weighted by Crippen LogP contribution is 2.49. The molecule has 1 aromatic rings. The number of carbonyl (C=O) groups is 1. The van der Waals surface area contributed by atoms with Crippen LogP contribution in [0.15, 0.2) is 18.2 Å². The summed E-state index contributed by atoms with van der Waals surface area (Å²) in [7, 11) is 0. The third kappa shape index (κ3) is 2.91. The number of rotatable bonds is 1. The topological polar surface area (TPSA) is 23.6 Å². The van der Waals surface area contributed by atoms with E-state index in [9.17, 15) is 9.18 Å². The summed E-state index contributed by atoms with van der Waals surface area (Å²) in [5, 5.41) is 0. The van der Waals surface area contributed by atoms with Gasteiger partial charge in [-0.05, 0) is 74.4 Å². The molecule has 0 N–H and O–H groups in total. The van der Waals surface area contributed by atoms with Crippen LogP contribution in [0.25, 0.3) is 0 Å². The van der Waals surface area contributed by atoms with E-state index in [4.69, 9.17) is 0 Å². The van der Waals surface area contributed by atoms with Gasteiger partial charge in [-0.1, -0.05) is 25.7 Å². The van der Waals surface area contributed by atoms with E-state index in [0.717, 1.165) is 61.6 Å². The molecule has 0 radical (unpaired) electrons. The number of nitrogens with zero attached hydrogens (tertiary/aromatic N) is 2. The molecule has 3 nitrogen and oxygen atoms in total. The minimum Gasteiger partial charge on any atom is -0.311 e. The van der Waals surface area contributed by atoms with Gasteiger partial charge in [0.15, 0.2) is 0 Å². The molecule has 0 bridgehead atoms. The maximum atomic E-state index is 14.0. The largest absolute Gasteiger partial charge is 0.311 e. The second kappa shape index (κ2) is 6.58. The summed E-state index contributed by atoms with van der Waals surface area (Å²) in [4.78, 5) is 16.7. The molecular formula is C23H31FN2O. The van der Waals surface area contributed by atoms with Crippen molar-refractivity contribution in [2.24, 2.45) is 11.8 Å². The lowest BCUT2D eigenvalue weighted by Gasteiger charge is -2.42. The minimum absolute atomic E-state index is 0.0506. The van der Waals surface area contributed by atoms with Gasteiger partial charge >= 0.3 is 0 Å². The first-order chi connectivity index (χ1) is 13.1. The Hall–Kier alpha value is -1.42. The van der Waals surface area contributed by atoms with Crippen LogP contribution in [0.2, 0.25) is 0 Å². The van der Waals surface area contributed by atoms with Gasteiger partial charge in [-0.2, -0.15) is 0 Å². The summed E-state index contributed by atoms with van der Waals surface area (Å²) in [6, 6.07) is 5.74. The lowest BCUT2D eigenvalue weighted by atomic mass is 9.74. The number of amides is 1. The predicted octanol–water partition coefficient (Wildman–Crippen LogP) is 4.49. The molecule has 2 aliphatic heterocycles. The molecule has 1 amide bonds. The Kier molecular flexibility index (Phi) is 4.30. The van der Waals surface area contributed by atoms with Gasteiger partial charge in [0.2, 0.25) is 5.91 Å². The van der Waals surface area contributed by atoms with Crippen LogP contribution in [-0.2, 0) is 10.2 Å². The lowest BCUT2D eigenvalue weighted by molar-refractivity contribution is -0.116. The Labute approximate surface area is 161 Å². The molecule has 4 aliphatic rings. The molecule has 2 aliphatic carbocycles. The van der Waals surface area contributed by atoms with Crippen molar-refractivity contribution in [3.05, 3.63) is 29.6 Å². The Morgan fingerprint density at radius 3 is 2.41 bits per heavy atom.